The Morgan fingerprint density at radius 1 is 0.646 bits per heavy atom. The van der Waals surface area contributed by atoms with Gasteiger partial charge >= 0.3 is 17.9 Å². The summed E-state index contributed by atoms with van der Waals surface area (Å²) in [6.45, 7) is 7.52. The highest BCUT2D eigenvalue weighted by Gasteiger charge is 2.50. The molecule has 2 saturated heterocycles. The van der Waals surface area contributed by atoms with Crippen molar-refractivity contribution in [1.29, 1.82) is 0 Å². The van der Waals surface area contributed by atoms with Crippen molar-refractivity contribution in [3.63, 3.8) is 0 Å². The van der Waals surface area contributed by atoms with Crippen molar-refractivity contribution < 1.29 is 47.5 Å². The summed E-state index contributed by atoms with van der Waals surface area (Å²) in [7, 11) is 0. The first-order chi connectivity index (χ1) is 23.4. The molecule has 0 spiro atoms. The maximum atomic E-state index is 13.0. The van der Waals surface area contributed by atoms with E-state index >= 15 is 0 Å². The molecule has 2 aliphatic heterocycles. The molecule has 6 rings (SSSR count). The number of hydrogen-bond acceptors (Lipinski definition) is 10. The smallest absolute Gasteiger partial charge is 0.338 e. The number of hydrogen-bond donors (Lipinski definition) is 0. The van der Waals surface area contributed by atoms with Gasteiger partial charge in [0.25, 0.3) is 0 Å². The van der Waals surface area contributed by atoms with Crippen molar-refractivity contribution in [3.05, 3.63) is 90.5 Å². The number of fused-ring (bicyclic) bond motifs is 1. The van der Waals surface area contributed by atoms with Gasteiger partial charge in [-0.15, -0.1) is 0 Å². The highest BCUT2D eigenvalue weighted by Crippen LogP contribution is 2.36. The van der Waals surface area contributed by atoms with Crippen molar-refractivity contribution >= 4 is 17.9 Å². The SMILES string of the molecule is C=CC(=O)OC1CCC(c2ccc(OCOC3COC4C(OC(=O)c5ccc(C6CCC(OC(=O)C=C)CC6)cc5)COC34)cc2)CC1. The van der Waals surface area contributed by atoms with E-state index in [1.165, 1.54) is 17.7 Å². The van der Waals surface area contributed by atoms with Gasteiger partial charge in [-0.25, -0.2) is 14.4 Å². The van der Waals surface area contributed by atoms with Gasteiger partial charge in [-0.3, -0.25) is 0 Å². The standard InChI is InChI=1S/C38H44O10/c1-3-34(39)46-30-17-11-26(12-18-30)24-5-7-28(8-6-24)38(41)48-33-22-43-36-32(21-42-37(33)36)45-23-44-29-15-9-25(10-16-29)27-13-19-31(20-14-27)47-35(40)4-2/h3-10,15-16,26-27,30-33,36-37H,1-2,11-14,17-23H2. The molecule has 2 saturated carbocycles. The van der Waals surface area contributed by atoms with Gasteiger partial charge in [-0.1, -0.05) is 37.4 Å². The Bertz CT molecular complexity index is 1420. The molecule has 4 aliphatic rings. The van der Waals surface area contributed by atoms with Crippen LogP contribution in [0.15, 0.2) is 73.8 Å². The number of rotatable bonds is 12. The van der Waals surface area contributed by atoms with Crippen LogP contribution in [0, 0.1) is 0 Å². The molecule has 0 aromatic heterocycles. The normalized spacial score (nSPS) is 29.7. The van der Waals surface area contributed by atoms with Gasteiger partial charge in [0.1, 0.15) is 36.3 Å². The van der Waals surface area contributed by atoms with E-state index in [9.17, 15) is 14.4 Å². The first-order valence-electron chi connectivity index (χ1n) is 16.9. The van der Waals surface area contributed by atoms with Gasteiger partial charge in [-0.2, -0.15) is 0 Å². The predicted molar refractivity (Wildman–Crippen MR) is 175 cm³/mol. The van der Waals surface area contributed by atoms with Gasteiger partial charge in [-0.05, 0) is 98.6 Å². The second kappa shape index (κ2) is 15.9. The molecule has 2 heterocycles. The van der Waals surface area contributed by atoms with E-state index in [4.69, 9.17) is 33.2 Å². The Morgan fingerprint density at radius 3 is 1.65 bits per heavy atom. The van der Waals surface area contributed by atoms with Crippen LogP contribution >= 0.6 is 0 Å². The van der Waals surface area contributed by atoms with Crippen molar-refractivity contribution in [2.45, 2.75) is 99.8 Å². The average molecular weight is 661 g/mol. The predicted octanol–water partition coefficient (Wildman–Crippen LogP) is 5.94. The van der Waals surface area contributed by atoms with Crippen LogP contribution in [0.2, 0.25) is 0 Å². The van der Waals surface area contributed by atoms with Gasteiger partial charge in [0.05, 0.1) is 18.8 Å². The Kier molecular flexibility index (Phi) is 11.3. The molecule has 0 N–H and O–H groups in total. The summed E-state index contributed by atoms with van der Waals surface area (Å²) < 4.78 is 40.3. The molecule has 10 nitrogen and oxygen atoms in total. The molecule has 0 radical (unpaired) electrons. The molecule has 4 atom stereocenters. The minimum atomic E-state index is -0.526. The van der Waals surface area contributed by atoms with Gasteiger partial charge in [0.2, 0.25) is 0 Å². The minimum Gasteiger partial charge on any atom is -0.468 e. The second-order valence-electron chi connectivity index (χ2n) is 12.9. The third kappa shape index (κ3) is 8.35. The molecule has 256 valence electrons. The maximum Gasteiger partial charge on any atom is 0.338 e. The summed E-state index contributed by atoms with van der Waals surface area (Å²) in [5, 5.41) is 0. The molecule has 0 bridgehead atoms. The Morgan fingerprint density at radius 2 is 1.12 bits per heavy atom. The summed E-state index contributed by atoms with van der Waals surface area (Å²) in [6.07, 6.45) is 7.77. The molecule has 2 aromatic rings. The summed E-state index contributed by atoms with van der Waals surface area (Å²) in [6, 6.07) is 15.6. The molecule has 2 aromatic carbocycles. The van der Waals surface area contributed by atoms with Crippen LogP contribution in [0.25, 0.3) is 0 Å². The monoisotopic (exact) mass is 660 g/mol. The Labute approximate surface area is 281 Å². The first kappa shape index (κ1) is 33.9. The number of ether oxygens (including phenoxy) is 7. The van der Waals surface area contributed by atoms with Crippen LogP contribution in [0.1, 0.15) is 84.7 Å². The highest BCUT2D eigenvalue weighted by atomic mass is 16.7. The highest BCUT2D eigenvalue weighted by molar-refractivity contribution is 5.89. The maximum absolute atomic E-state index is 13.0. The quantitative estimate of drug-likeness (QED) is 0.117. The van der Waals surface area contributed by atoms with Gasteiger partial charge in [0.15, 0.2) is 12.9 Å². The van der Waals surface area contributed by atoms with Gasteiger partial charge in [0, 0.05) is 12.2 Å². The number of carbonyl (C=O) groups excluding carboxylic acids is 3. The van der Waals surface area contributed by atoms with E-state index in [0.717, 1.165) is 56.9 Å². The number of carbonyl (C=O) groups is 3. The zero-order valence-electron chi connectivity index (χ0n) is 27.2. The molecule has 10 heteroatoms. The summed E-state index contributed by atoms with van der Waals surface area (Å²) in [5.41, 5.74) is 2.88. The average Bonchev–Trinajstić information content (AvgIpc) is 3.72. The van der Waals surface area contributed by atoms with Gasteiger partial charge < -0.3 is 33.2 Å². The van der Waals surface area contributed by atoms with E-state index in [2.05, 4.69) is 25.3 Å². The molecule has 4 unspecified atom stereocenters. The van der Waals surface area contributed by atoms with Crippen LogP contribution in [-0.2, 0) is 38.0 Å². The lowest BCUT2D eigenvalue weighted by molar-refractivity contribution is -0.145. The summed E-state index contributed by atoms with van der Waals surface area (Å²) in [4.78, 5) is 35.9. The third-order valence-electron chi connectivity index (χ3n) is 9.95. The fraction of sp³-hybridized carbons (Fsp3) is 0.500. The van der Waals surface area contributed by atoms with Crippen molar-refractivity contribution in [3.8, 4) is 5.75 Å². The van der Waals surface area contributed by atoms with E-state index in [1.807, 2.05) is 24.3 Å². The second-order valence-corrected chi connectivity index (χ2v) is 12.9. The molecule has 4 fully saturated rings. The molecule has 0 amide bonds. The van der Waals surface area contributed by atoms with E-state index in [0.29, 0.717) is 29.8 Å². The minimum absolute atomic E-state index is 0.0320. The topological polar surface area (TPSA) is 116 Å². The van der Waals surface area contributed by atoms with Crippen molar-refractivity contribution in [2.24, 2.45) is 0 Å². The number of esters is 3. The van der Waals surface area contributed by atoms with E-state index in [1.54, 1.807) is 12.1 Å². The fourth-order valence-electron chi connectivity index (χ4n) is 7.25. The molecular weight excluding hydrogens is 616 g/mol. The van der Waals surface area contributed by atoms with E-state index < -0.39 is 18.2 Å². The Hall–Kier alpha value is -3.99. The third-order valence-corrected chi connectivity index (χ3v) is 9.95. The first-order valence-corrected chi connectivity index (χ1v) is 16.9. The lowest BCUT2D eigenvalue weighted by Gasteiger charge is -2.28. The van der Waals surface area contributed by atoms with Crippen LogP contribution in [0.5, 0.6) is 5.75 Å². The summed E-state index contributed by atoms with van der Waals surface area (Å²) in [5.74, 6) is 0.341. The molecular formula is C38H44O10. The lowest BCUT2D eigenvalue weighted by Crippen LogP contribution is -2.35. The van der Waals surface area contributed by atoms with E-state index in [-0.39, 0.29) is 49.8 Å². The zero-order valence-corrected chi connectivity index (χ0v) is 27.2. The van der Waals surface area contributed by atoms with Crippen LogP contribution in [0.3, 0.4) is 0 Å². The van der Waals surface area contributed by atoms with Crippen LogP contribution in [0.4, 0.5) is 0 Å². The van der Waals surface area contributed by atoms with Crippen molar-refractivity contribution in [2.75, 3.05) is 20.0 Å². The molecule has 2 aliphatic carbocycles. The largest absolute Gasteiger partial charge is 0.468 e. The zero-order chi connectivity index (χ0) is 33.5. The summed E-state index contributed by atoms with van der Waals surface area (Å²) >= 11 is 0. The van der Waals surface area contributed by atoms with Crippen molar-refractivity contribution in [1.82, 2.24) is 0 Å². The van der Waals surface area contributed by atoms with Crippen LogP contribution < -0.4 is 4.74 Å². The fourth-order valence-corrected chi connectivity index (χ4v) is 7.25. The lowest BCUT2D eigenvalue weighted by atomic mass is 9.82. The van der Waals surface area contributed by atoms with Crippen LogP contribution in [-0.4, -0.2) is 74.5 Å². The Balaban J connectivity index is 0.905. The molecule has 48 heavy (non-hydrogen) atoms. The number of benzene rings is 2.